The molecule has 32 heavy (non-hydrogen) atoms. The summed E-state index contributed by atoms with van der Waals surface area (Å²) in [6.07, 6.45) is 10.1. The van der Waals surface area contributed by atoms with Crippen LogP contribution < -0.4 is 10.6 Å². The van der Waals surface area contributed by atoms with Gasteiger partial charge in [-0.2, -0.15) is 0 Å². The number of aliphatic hydroxyl groups is 1. The molecule has 6 nitrogen and oxygen atoms in total. The van der Waals surface area contributed by atoms with Gasteiger partial charge in [-0.25, -0.2) is 9.78 Å². The monoisotopic (exact) mass is 438 g/mol. The van der Waals surface area contributed by atoms with Crippen LogP contribution in [0.5, 0.6) is 0 Å². The molecule has 0 aliphatic rings. The minimum Gasteiger partial charge on any atom is -0.388 e. The minimum absolute atomic E-state index is 0.294. The zero-order valence-electron chi connectivity index (χ0n) is 20.3. The fourth-order valence-electron chi connectivity index (χ4n) is 2.90. The number of rotatable bonds is 8. The molecule has 2 rings (SSSR count). The summed E-state index contributed by atoms with van der Waals surface area (Å²) in [4.78, 5) is 20.5. The van der Waals surface area contributed by atoms with Crippen LogP contribution in [-0.2, 0) is 0 Å². The van der Waals surface area contributed by atoms with Crippen LogP contribution in [0.3, 0.4) is 0 Å². The molecule has 0 aliphatic carbocycles. The second-order valence-electron chi connectivity index (χ2n) is 7.50. The quantitative estimate of drug-likeness (QED) is 0.425. The summed E-state index contributed by atoms with van der Waals surface area (Å²) in [6, 6.07) is 3.46. The number of unbranched alkanes of at least 4 members (excludes halogenated alkanes) is 1. The number of pyridine rings is 2. The molecule has 0 saturated carbocycles. The number of hydrogen-bond acceptors (Lipinski definition) is 4. The van der Waals surface area contributed by atoms with Crippen molar-refractivity contribution in [2.75, 3.05) is 11.9 Å². The molecule has 0 bridgehead atoms. The van der Waals surface area contributed by atoms with Crippen molar-refractivity contribution in [2.45, 2.75) is 66.9 Å². The Labute approximate surface area is 192 Å². The number of carbonyl (C=O) groups excluding carboxylic acids is 1. The Bertz CT molecular complexity index is 961. The van der Waals surface area contributed by atoms with Gasteiger partial charge >= 0.3 is 6.03 Å². The Morgan fingerprint density at radius 1 is 1.16 bits per heavy atom. The first kappa shape index (κ1) is 27.0. The summed E-state index contributed by atoms with van der Waals surface area (Å²) in [7, 11) is 0. The van der Waals surface area contributed by atoms with Crippen LogP contribution in [-0.4, -0.2) is 33.8 Å². The predicted molar refractivity (Wildman–Crippen MR) is 136 cm³/mol. The van der Waals surface area contributed by atoms with Gasteiger partial charge < -0.3 is 10.4 Å². The van der Waals surface area contributed by atoms with Gasteiger partial charge in [-0.15, -0.1) is 0 Å². The van der Waals surface area contributed by atoms with E-state index in [0.29, 0.717) is 24.4 Å². The van der Waals surface area contributed by atoms with Gasteiger partial charge in [-0.05, 0) is 50.0 Å². The number of allylic oxidation sites excluding steroid dienone is 3. The second kappa shape index (κ2) is 14.1. The number of hydrogen-bond donors (Lipinski definition) is 3. The van der Waals surface area contributed by atoms with Gasteiger partial charge in [0.2, 0.25) is 0 Å². The SMILES string of the molecule is C=C(/C=C(C)\C(=C/C)c1cnc2cc(NC(=O)NCC)ncc2c1)C(O)CC.CCCC. The maximum atomic E-state index is 11.6. The Morgan fingerprint density at radius 3 is 2.41 bits per heavy atom. The topological polar surface area (TPSA) is 87.1 Å². The lowest BCUT2D eigenvalue weighted by Crippen LogP contribution is -2.28. The summed E-state index contributed by atoms with van der Waals surface area (Å²) >= 11 is 0. The van der Waals surface area contributed by atoms with Gasteiger partial charge in [0.05, 0.1) is 11.6 Å². The van der Waals surface area contributed by atoms with E-state index in [1.807, 2.05) is 45.9 Å². The minimum atomic E-state index is -0.539. The van der Waals surface area contributed by atoms with Crippen molar-refractivity contribution < 1.29 is 9.90 Å². The van der Waals surface area contributed by atoms with E-state index in [4.69, 9.17) is 0 Å². The number of nitrogens with zero attached hydrogens (tertiary/aromatic N) is 2. The number of aliphatic hydroxyl groups excluding tert-OH is 1. The third kappa shape index (κ3) is 8.27. The van der Waals surface area contributed by atoms with Crippen LogP contribution in [0.2, 0.25) is 0 Å². The maximum Gasteiger partial charge on any atom is 0.320 e. The molecule has 2 aromatic rings. The van der Waals surface area contributed by atoms with Crippen molar-refractivity contribution in [1.29, 1.82) is 0 Å². The number of fused-ring (bicyclic) bond motifs is 1. The van der Waals surface area contributed by atoms with E-state index in [-0.39, 0.29) is 6.03 Å². The lowest BCUT2D eigenvalue weighted by atomic mass is 9.96. The number of anilines is 1. The van der Waals surface area contributed by atoms with Gasteiger partial charge in [0.25, 0.3) is 0 Å². The average Bonchev–Trinajstić information content (AvgIpc) is 2.79. The molecule has 1 atom stereocenters. The highest BCUT2D eigenvalue weighted by Crippen LogP contribution is 2.27. The number of aromatic nitrogens is 2. The molecule has 0 aliphatic heterocycles. The van der Waals surface area contributed by atoms with Crippen molar-refractivity contribution in [2.24, 2.45) is 0 Å². The smallest absolute Gasteiger partial charge is 0.320 e. The van der Waals surface area contributed by atoms with E-state index in [0.717, 1.165) is 27.6 Å². The van der Waals surface area contributed by atoms with Crippen molar-refractivity contribution >= 4 is 28.3 Å². The van der Waals surface area contributed by atoms with Crippen molar-refractivity contribution in [3.63, 3.8) is 0 Å². The molecule has 2 aromatic heterocycles. The zero-order chi connectivity index (χ0) is 24.1. The largest absolute Gasteiger partial charge is 0.388 e. The number of carbonyl (C=O) groups is 1. The second-order valence-corrected chi connectivity index (χ2v) is 7.50. The molecule has 0 aromatic carbocycles. The summed E-state index contributed by atoms with van der Waals surface area (Å²) in [5, 5.41) is 16.2. The van der Waals surface area contributed by atoms with Gasteiger partial charge in [0.1, 0.15) is 5.82 Å². The highest BCUT2D eigenvalue weighted by molar-refractivity contribution is 5.91. The van der Waals surface area contributed by atoms with Crippen LogP contribution in [0.1, 0.15) is 66.4 Å². The van der Waals surface area contributed by atoms with Crippen LogP contribution in [0.4, 0.5) is 10.6 Å². The van der Waals surface area contributed by atoms with Crippen molar-refractivity contribution in [3.05, 3.63) is 60.0 Å². The third-order valence-electron chi connectivity index (χ3n) is 4.89. The van der Waals surface area contributed by atoms with E-state index in [1.165, 1.54) is 12.8 Å². The molecule has 0 saturated heterocycles. The first-order valence-electron chi connectivity index (χ1n) is 11.3. The van der Waals surface area contributed by atoms with E-state index in [2.05, 4.69) is 41.0 Å². The molecule has 6 heteroatoms. The van der Waals surface area contributed by atoms with Gasteiger partial charge in [-0.3, -0.25) is 10.3 Å². The Kier molecular flexibility index (Phi) is 12.0. The fraction of sp³-hybridized carbons (Fsp3) is 0.423. The van der Waals surface area contributed by atoms with E-state index in [9.17, 15) is 9.90 Å². The maximum absolute atomic E-state index is 11.6. The number of amides is 2. The molecule has 1 unspecified atom stereocenters. The standard InChI is InChI=1S/C22H28N4O2.C4H10/c1-6-18(14(4)9-15(5)20(27)7-2)16-10-17-13-25-21(11-19(17)24-12-16)26-22(28)23-8-3;1-3-4-2/h6,9-13,20,27H,5,7-8H2,1-4H3,(H2,23,25,26,28);3-4H2,1-2H3/b14-9-,18-6+;. The Balaban J connectivity index is 0.00000118. The van der Waals surface area contributed by atoms with Crippen molar-refractivity contribution in [1.82, 2.24) is 15.3 Å². The first-order valence-corrected chi connectivity index (χ1v) is 11.3. The molecule has 2 heterocycles. The van der Waals surface area contributed by atoms with Crippen LogP contribution in [0.15, 0.2) is 54.4 Å². The lowest BCUT2D eigenvalue weighted by molar-refractivity contribution is 0.211. The highest BCUT2D eigenvalue weighted by atomic mass is 16.3. The fourth-order valence-corrected chi connectivity index (χ4v) is 2.90. The predicted octanol–water partition coefficient (Wildman–Crippen LogP) is 6.25. The normalized spacial score (nSPS) is 12.6. The number of urea groups is 1. The lowest BCUT2D eigenvalue weighted by Gasteiger charge is -2.13. The molecular formula is C26H38N4O2. The molecular weight excluding hydrogens is 400 g/mol. The summed E-state index contributed by atoms with van der Waals surface area (Å²) in [6.45, 7) is 16.6. The van der Waals surface area contributed by atoms with E-state index < -0.39 is 6.10 Å². The van der Waals surface area contributed by atoms with E-state index in [1.54, 1.807) is 18.5 Å². The number of nitrogens with one attached hydrogen (secondary N) is 2. The first-order chi connectivity index (χ1) is 15.3. The molecule has 0 spiro atoms. The van der Waals surface area contributed by atoms with Gasteiger partial charge in [0, 0.05) is 36.0 Å². The van der Waals surface area contributed by atoms with Crippen molar-refractivity contribution in [3.8, 4) is 0 Å². The third-order valence-corrected chi connectivity index (χ3v) is 4.89. The van der Waals surface area contributed by atoms with Gasteiger partial charge in [-0.1, -0.05) is 52.3 Å². The molecule has 0 fully saturated rings. The summed E-state index contributed by atoms with van der Waals surface area (Å²) in [5.74, 6) is 0.450. The average molecular weight is 439 g/mol. The van der Waals surface area contributed by atoms with Crippen LogP contribution in [0, 0.1) is 0 Å². The van der Waals surface area contributed by atoms with Gasteiger partial charge in [0.15, 0.2) is 0 Å². The Morgan fingerprint density at radius 2 is 1.84 bits per heavy atom. The van der Waals surface area contributed by atoms with Crippen LogP contribution >= 0.6 is 0 Å². The zero-order valence-corrected chi connectivity index (χ0v) is 20.3. The summed E-state index contributed by atoms with van der Waals surface area (Å²) < 4.78 is 0. The van der Waals surface area contributed by atoms with E-state index >= 15 is 0 Å². The molecule has 3 N–H and O–H groups in total. The highest BCUT2D eigenvalue weighted by Gasteiger charge is 2.10. The summed E-state index contributed by atoms with van der Waals surface area (Å²) in [5.41, 5.74) is 4.41. The Hall–Kier alpha value is -2.99. The van der Waals surface area contributed by atoms with Crippen LogP contribution in [0.25, 0.3) is 16.5 Å². The molecule has 2 amide bonds. The molecule has 0 radical (unpaired) electrons. The molecule has 174 valence electrons.